The quantitative estimate of drug-likeness (QED) is 0.856. The van der Waals surface area contributed by atoms with Crippen LogP contribution in [0, 0.1) is 0 Å². The van der Waals surface area contributed by atoms with E-state index in [0.29, 0.717) is 18.7 Å². The second kappa shape index (κ2) is 7.13. The van der Waals surface area contributed by atoms with Crippen LogP contribution in [0.5, 0.6) is 5.75 Å². The number of hydrogen-bond donors (Lipinski definition) is 1. The average molecular weight is 401 g/mol. The lowest BCUT2D eigenvalue weighted by Crippen LogP contribution is -2.42. The zero-order valence-corrected chi connectivity index (χ0v) is 16.8. The molecule has 0 radical (unpaired) electrons. The molecule has 0 spiro atoms. The van der Waals surface area contributed by atoms with Gasteiger partial charge in [-0.15, -0.1) is 0 Å². The topological polar surface area (TPSA) is 75.7 Å². The molecule has 0 saturated carbocycles. The first kappa shape index (κ1) is 18.8. The Balaban J connectivity index is 1.67. The van der Waals surface area contributed by atoms with Gasteiger partial charge in [-0.1, -0.05) is 12.1 Å². The smallest absolute Gasteiger partial charge is 0.264 e. The molecule has 1 N–H and O–H groups in total. The molecule has 28 heavy (non-hydrogen) atoms. The number of ether oxygens (including phenoxy) is 1. The summed E-state index contributed by atoms with van der Waals surface area (Å²) in [5, 5.41) is 2.82. The number of carbonyl (C=O) groups is 1. The maximum Gasteiger partial charge on any atom is 0.264 e. The molecular formula is C21H24N2O4S. The Hall–Kier alpha value is -2.54. The highest BCUT2D eigenvalue weighted by Gasteiger charge is 2.34. The summed E-state index contributed by atoms with van der Waals surface area (Å²) in [7, 11) is -2.08. The molecule has 2 heterocycles. The van der Waals surface area contributed by atoms with E-state index in [0.717, 1.165) is 29.7 Å². The number of nitrogens with one attached hydrogen (secondary N) is 1. The monoisotopic (exact) mass is 400 g/mol. The molecule has 1 saturated heterocycles. The van der Waals surface area contributed by atoms with Gasteiger partial charge in [-0.2, -0.15) is 0 Å². The fraction of sp³-hybridized carbons (Fsp3) is 0.381. The van der Waals surface area contributed by atoms with Gasteiger partial charge in [-0.3, -0.25) is 9.10 Å². The second-order valence-corrected chi connectivity index (χ2v) is 9.27. The summed E-state index contributed by atoms with van der Waals surface area (Å²) in [6, 6.07) is 12.4. The number of sulfonamides is 1. The standard InChI is InChI=1S/C21H24N2O4S/c1-14-3-4-16-11-18(27-2)7-10-20(16)23(14)28(25,26)19-8-5-15(6-9-19)17-12-21(24)22-13-17/h5-11,14,17H,3-4,12-13H2,1-2H3,(H,22,24)/t14-,17-/m1/s1. The van der Waals surface area contributed by atoms with E-state index in [2.05, 4.69) is 5.32 Å². The molecule has 2 aromatic carbocycles. The van der Waals surface area contributed by atoms with E-state index < -0.39 is 10.0 Å². The minimum atomic E-state index is -3.69. The predicted molar refractivity (Wildman–Crippen MR) is 107 cm³/mol. The molecule has 2 aromatic rings. The van der Waals surface area contributed by atoms with E-state index in [9.17, 15) is 13.2 Å². The van der Waals surface area contributed by atoms with Crippen molar-refractivity contribution in [3.05, 3.63) is 53.6 Å². The molecule has 0 aliphatic carbocycles. The maximum absolute atomic E-state index is 13.4. The number of nitrogens with zero attached hydrogens (tertiary/aromatic N) is 1. The van der Waals surface area contributed by atoms with Crippen molar-refractivity contribution in [3.63, 3.8) is 0 Å². The molecule has 2 aliphatic rings. The van der Waals surface area contributed by atoms with Crippen molar-refractivity contribution in [2.24, 2.45) is 0 Å². The van der Waals surface area contributed by atoms with Gasteiger partial charge in [0.15, 0.2) is 0 Å². The summed E-state index contributed by atoms with van der Waals surface area (Å²) < 4.78 is 33.7. The zero-order valence-electron chi connectivity index (χ0n) is 16.0. The van der Waals surface area contributed by atoms with Crippen molar-refractivity contribution < 1.29 is 17.9 Å². The number of carbonyl (C=O) groups excluding carboxylic acids is 1. The number of fused-ring (bicyclic) bond motifs is 1. The lowest BCUT2D eigenvalue weighted by atomic mass is 9.98. The molecule has 0 bridgehead atoms. The van der Waals surface area contributed by atoms with Crippen LogP contribution in [-0.2, 0) is 21.2 Å². The summed E-state index contributed by atoms with van der Waals surface area (Å²) in [6.07, 6.45) is 2.03. The van der Waals surface area contributed by atoms with Gasteiger partial charge >= 0.3 is 0 Å². The highest BCUT2D eigenvalue weighted by Crippen LogP contribution is 2.37. The lowest BCUT2D eigenvalue weighted by Gasteiger charge is -2.36. The maximum atomic E-state index is 13.4. The lowest BCUT2D eigenvalue weighted by molar-refractivity contribution is -0.119. The van der Waals surface area contributed by atoms with Gasteiger partial charge in [0.25, 0.3) is 10.0 Å². The Morgan fingerprint density at radius 1 is 1.14 bits per heavy atom. The Bertz CT molecular complexity index is 1000. The predicted octanol–water partition coefficient (Wildman–Crippen LogP) is 2.83. The Morgan fingerprint density at radius 3 is 2.54 bits per heavy atom. The highest BCUT2D eigenvalue weighted by atomic mass is 32.2. The molecule has 2 atom stereocenters. The molecule has 7 heteroatoms. The molecule has 148 valence electrons. The van der Waals surface area contributed by atoms with Crippen LogP contribution in [0.4, 0.5) is 5.69 Å². The van der Waals surface area contributed by atoms with Crippen molar-refractivity contribution in [1.29, 1.82) is 0 Å². The fourth-order valence-corrected chi connectivity index (χ4v) is 5.78. The number of benzene rings is 2. The molecule has 0 aromatic heterocycles. The molecular weight excluding hydrogens is 376 g/mol. The van der Waals surface area contributed by atoms with Crippen LogP contribution in [-0.4, -0.2) is 34.0 Å². The van der Waals surface area contributed by atoms with Crippen LogP contribution < -0.4 is 14.4 Å². The van der Waals surface area contributed by atoms with Gasteiger partial charge in [0.1, 0.15) is 5.75 Å². The number of amides is 1. The van der Waals surface area contributed by atoms with E-state index in [4.69, 9.17) is 4.74 Å². The fourth-order valence-electron chi connectivity index (χ4n) is 4.06. The molecule has 4 rings (SSSR count). The number of hydrogen-bond acceptors (Lipinski definition) is 4. The van der Waals surface area contributed by atoms with Gasteiger partial charge < -0.3 is 10.1 Å². The minimum Gasteiger partial charge on any atom is -0.497 e. The Morgan fingerprint density at radius 2 is 1.89 bits per heavy atom. The Labute approximate surface area is 165 Å². The van der Waals surface area contributed by atoms with Crippen LogP contribution in [0.1, 0.15) is 36.8 Å². The van der Waals surface area contributed by atoms with Gasteiger partial charge in [0.2, 0.25) is 5.91 Å². The molecule has 0 unspecified atom stereocenters. The van der Waals surface area contributed by atoms with E-state index in [1.807, 2.05) is 31.2 Å². The third-order valence-corrected chi connectivity index (χ3v) is 7.58. The number of methoxy groups -OCH3 is 1. The van der Waals surface area contributed by atoms with Gasteiger partial charge in [0, 0.05) is 24.9 Å². The van der Waals surface area contributed by atoms with E-state index >= 15 is 0 Å². The molecule has 1 amide bonds. The first-order valence-electron chi connectivity index (χ1n) is 9.48. The van der Waals surface area contributed by atoms with Gasteiger partial charge in [-0.25, -0.2) is 8.42 Å². The van der Waals surface area contributed by atoms with Crippen molar-refractivity contribution in [2.45, 2.75) is 43.0 Å². The van der Waals surface area contributed by atoms with E-state index in [-0.39, 0.29) is 22.8 Å². The van der Waals surface area contributed by atoms with Crippen LogP contribution in [0.15, 0.2) is 47.4 Å². The van der Waals surface area contributed by atoms with Crippen LogP contribution in [0.2, 0.25) is 0 Å². The van der Waals surface area contributed by atoms with E-state index in [1.165, 1.54) is 4.31 Å². The largest absolute Gasteiger partial charge is 0.497 e. The van der Waals surface area contributed by atoms with Crippen LogP contribution in [0.25, 0.3) is 0 Å². The summed E-state index contributed by atoms with van der Waals surface area (Å²) in [6.45, 7) is 2.54. The normalized spacial score (nSPS) is 21.9. The number of aryl methyl sites for hydroxylation is 1. The molecule has 1 fully saturated rings. The van der Waals surface area contributed by atoms with Crippen LogP contribution in [0.3, 0.4) is 0 Å². The second-order valence-electron chi connectivity index (χ2n) is 7.46. The van der Waals surface area contributed by atoms with Crippen LogP contribution >= 0.6 is 0 Å². The third kappa shape index (κ3) is 3.24. The Kier molecular flexibility index (Phi) is 4.79. The SMILES string of the molecule is COc1ccc2c(c1)CC[C@@H](C)N2S(=O)(=O)c1ccc([C@H]2CNC(=O)C2)cc1. The summed E-state index contributed by atoms with van der Waals surface area (Å²) in [5.74, 6) is 0.872. The zero-order chi connectivity index (χ0) is 19.9. The summed E-state index contributed by atoms with van der Waals surface area (Å²) in [4.78, 5) is 11.7. The minimum absolute atomic E-state index is 0.0378. The first-order chi connectivity index (χ1) is 13.4. The summed E-state index contributed by atoms with van der Waals surface area (Å²) >= 11 is 0. The number of rotatable bonds is 4. The molecule has 2 aliphatic heterocycles. The molecule has 6 nitrogen and oxygen atoms in total. The number of anilines is 1. The first-order valence-corrected chi connectivity index (χ1v) is 10.9. The average Bonchev–Trinajstić information content (AvgIpc) is 3.13. The highest BCUT2D eigenvalue weighted by molar-refractivity contribution is 7.92. The van der Waals surface area contributed by atoms with Crippen molar-refractivity contribution in [1.82, 2.24) is 5.32 Å². The van der Waals surface area contributed by atoms with Gasteiger partial charge in [-0.05, 0) is 61.2 Å². The summed E-state index contributed by atoms with van der Waals surface area (Å²) in [5.41, 5.74) is 2.68. The third-order valence-electron chi connectivity index (χ3n) is 5.64. The van der Waals surface area contributed by atoms with Crippen molar-refractivity contribution in [3.8, 4) is 5.75 Å². The van der Waals surface area contributed by atoms with Crippen molar-refractivity contribution in [2.75, 3.05) is 18.0 Å². The van der Waals surface area contributed by atoms with Crippen molar-refractivity contribution >= 4 is 21.6 Å². The van der Waals surface area contributed by atoms with E-state index in [1.54, 1.807) is 25.3 Å². The van der Waals surface area contributed by atoms with Gasteiger partial charge in [0.05, 0.1) is 17.7 Å².